The van der Waals surface area contributed by atoms with Gasteiger partial charge in [0.1, 0.15) is 6.61 Å². The number of carbonyl (C=O) groups excluding carboxylic acids is 1. The largest absolute Gasteiger partial charge is 0.411 e. The summed E-state index contributed by atoms with van der Waals surface area (Å²) in [5.74, 6) is -0.475. The molecule has 1 aliphatic rings. The fourth-order valence-corrected chi connectivity index (χ4v) is 3.19. The number of sulfone groups is 1. The van der Waals surface area contributed by atoms with Crippen LogP contribution < -0.4 is 10.6 Å². The molecule has 1 atom stereocenters. The third-order valence-corrected chi connectivity index (χ3v) is 4.30. The molecular formula is C10H17F3N2O4S. The molecule has 1 unspecified atom stereocenters. The Morgan fingerprint density at radius 3 is 2.70 bits per heavy atom. The standard InChI is InChI=1S/C10H17F3N2O4S/c11-10(12,13)7-19-3-1-15-9(16)5-8-6-20(17,18)4-2-14-8/h8,14H,1-7H2,(H,15,16). The third kappa shape index (κ3) is 7.65. The molecule has 0 aromatic rings. The summed E-state index contributed by atoms with van der Waals surface area (Å²) in [7, 11) is -3.12. The maximum absolute atomic E-state index is 11.7. The van der Waals surface area contributed by atoms with E-state index >= 15 is 0 Å². The van der Waals surface area contributed by atoms with Crippen LogP contribution >= 0.6 is 0 Å². The predicted molar refractivity (Wildman–Crippen MR) is 64.9 cm³/mol. The Morgan fingerprint density at radius 1 is 1.40 bits per heavy atom. The first-order chi connectivity index (χ1) is 9.18. The number of alkyl halides is 3. The second kappa shape index (κ2) is 7.23. The van der Waals surface area contributed by atoms with E-state index in [1.165, 1.54) is 0 Å². The molecule has 1 heterocycles. The molecule has 1 aliphatic heterocycles. The van der Waals surface area contributed by atoms with Gasteiger partial charge < -0.3 is 15.4 Å². The van der Waals surface area contributed by atoms with E-state index in [0.717, 1.165) is 0 Å². The number of carbonyl (C=O) groups is 1. The van der Waals surface area contributed by atoms with Crippen LogP contribution in [-0.4, -0.2) is 64.4 Å². The monoisotopic (exact) mass is 318 g/mol. The minimum absolute atomic E-state index is 0.0293. The van der Waals surface area contributed by atoms with Crippen molar-refractivity contribution in [3.63, 3.8) is 0 Å². The average Bonchev–Trinajstić information content (AvgIpc) is 2.25. The van der Waals surface area contributed by atoms with Gasteiger partial charge in [0, 0.05) is 25.6 Å². The highest BCUT2D eigenvalue weighted by molar-refractivity contribution is 7.91. The summed E-state index contributed by atoms with van der Waals surface area (Å²) in [5, 5.41) is 5.28. The first kappa shape index (κ1) is 17.2. The first-order valence-electron chi connectivity index (χ1n) is 6.03. The van der Waals surface area contributed by atoms with E-state index in [1.54, 1.807) is 0 Å². The average molecular weight is 318 g/mol. The molecule has 0 radical (unpaired) electrons. The van der Waals surface area contributed by atoms with Gasteiger partial charge >= 0.3 is 6.18 Å². The second-order valence-corrected chi connectivity index (χ2v) is 6.72. The Hall–Kier alpha value is -0.870. The number of amides is 1. The fourth-order valence-electron chi connectivity index (χ4n) is 1.74. The van der Waals surface area contributed by atoms with Crippen molar-refractivity contribution in [2.45, 2.75) is 18.6 Å². The maximum atomic E-state index is 11.7. The summed E-state index contributed by atoms with van der Waals surface area (Å²) in [6.07, 6.45) is -4.41. The van der Waals surface area contributed by atoms with Gasteiger partial charge in [0.25, 0.3) is 0 Å². The summed E-state index contributed by atoms with van der Waals surface area (Å²) in [5.41, 5.74) is 0. The fraction of sp³-hybridized carbons (Fsp3) is 0.900. The van der Waals surface area contributed by atoms with Crippen LogP contribution in [0.5, 0.6) is 0 Å². The van der Waals surface area contributed by atoms with Crippen molar-refractivity contribution in [3.8, 4) is 0 Å². The number of nitrogens with one attached hydrogen (secondary N) is 2. The highest BCUT2D eigenvalue weighted by Gasteiger charge is 2.27. The Morgan fingerprint density at radius 2 is 2.10 bits per heavy atom. The van der Waals surface area contributed by atoms with Gasteiger partial charge in [-0.25, -0.2) is 8.42 Å². The molecule has 1 fully saturated rings. The molecule has 1 saturated heterocycles. The van der Waals surface area contributed by atoms with Crippen molar-refractivity contribution in [3.05, 3.63) is 0 Å². The molecular weight excluding hydrogens is 301 g/mol. The zero-order chi connectivity index (χ0) is 15.2. The van der Waals surface area contributed by atoms with Crippen LogP contribution in [0.4, 0.5) is 13.2 Å². The molecule has 0 aliphatic carbocycles. The summed E-state index contributed by atoms with van der Waals surface area (Å²) in [6, 6.07) is -0.454. The van der Waals surface area contributed by atoms with Crippen LogP contribution in [0, 0.1) is 0 Å². The predicted octanol–water partition coefficient (Wildman–Crippen LogP) is -0.542. The van der Waals surface area contributed by atoms with Crippen molar-refractivity contribution in [1.29, 1.82) is 0 Å². The normalized spacial score (nSPS) is 22.4. The highest BCUT2D eigenvalue weighted by atomic mass is 32.2. The molecule has 2 N–H and O–H groups in total. The van der Waals surface area contributed by atoms with Crippen LogP contribution in [0.1, 0.15) is 6.42 Å². The van der Waals surface area contributed by atoms with Crippen LogP contribution in [0.3, 0.4) is 0 Å². The lowest BCUT2D eigenvalue weighted by Crippen LogP contribution is -2.47. The van der Waals surface area contributed by atoms with Crippen molar-refractivity contribution in [2.24, 2.45) is 0 Å². The lowest BCUT2D eigenvalue weighted by molar-refractivity contribution is -0.173. The minimum atomic E-state index is -4.38. The summed E-state index contributed by atoms with van der Waals surface area (Å²) >= 11 is 0. The van der Waals surface area contributed by atoms with Crippen molar-refractivity contribution >= 4 is 15.7 Å². The van der Waals surface area contributed by atoms with Crippen LogP contribution in [0.25, 0.3) is 0 Å². The molecule has 0 spiro atoms. The van der Waals surface area contributed by atoms with Crippen LogP contribution in [0.2, 0.25) is 0 Å². The van der Waals surface area contributed by atoms with E-state index in [9.17, 15) is 26.4 Å². The summed E-state index contributed by atoms with van der Waals surface area (Å²) in [6.45, 7) is -1.35. The van der Waals surface area contributed by atoms with Crippen molar-refractivity contribution in [1.82, 2.24) is 10.6 Å². The molecule has 0 saturated carbocycles. The van der Waals surface area contributed by atoms with E-state index < -0.39 is 34.6 Å². The number of ether oxygens (including phenoxy) is 1. The lowest BCUT2D eigenvalue weighted by Gasteiger charge is -2.23. The molecule has 1 rings (SSSR count). The van der Waals surface area contributed by atoms with Gasteiger partial charge in [0.2, 0.25) is 5.91 Å². The van der Waals surface area contributed by atoms with Gasteiger partial charge in [-0.05, 0) is 0 Å². The first-order valence-corrected chi connectivity index (χ1v) is 7.85. The maximum Gasteiger partial charge on any atom is 0.411 e. The smallest absolute Gasteiger partial charge is 0.370 e. The van der Waals surface area contributed by atoms with Crippen molar-refractivity contribution < 1.29 is 31.1 Å². The Kier molecular flexibility index (Phi) is 6.21. The highest BCUT2D eigenvalue weighted by Crippen LogP contribution is 2.13. The van der Waals surface area contributed by atoms with E-state index in [0.29, 0.717) is 6.54 Å². The summed E-state index contributed by atoms with van der Waals surface area (Å²) in [4.78, 5) is 11.5. The van der Waals surface area contributed by atoms with E-state index in [-0.39, 0.29) is 31.1 Å². The molecule has 6 nitrogen and oxygen atoms in total. The third-order valence-electron chi connectivity index (χ3n) is 2.57. The van der Waals surface area contributed by atoms with Gasteiger partial charge in [-0.1, -0.05) is 0 Å². The number of hydrogen-bond donors (Lipinski definition) is 2. The van der Waals surface area contributed by atoms with Gasteiger partial charge in [0.15, 0.2) is 9.84 Å². The number of hydrogen-bond acceptors (Lipinski definition) is 5. The number of halogens is 3. The molecule has 1 amide bonds. The second-order valence-electron chi connectivity index (χ2n) is 4.49. The zero-order valence-electron chi connectivity index (χ0n) is 10.7. The quantitative estimate of drug-likeness (QED) is 0.643. The van der Waals surface area contributed by atoms with Gasteiger partial charge in [0.05, 0.1) is 18.1 Å². The Labute approximate surface area is 115 Å². The molecule has 10 heteroatoms. The van der Waals surface area contributed by atoms with Crippen LogP contribution in [-0.2, 0) is 19.4 Å². The lowest BCUT2D eigenvalue weighted by atomic mass is 10.2. The topological polar surface area (TPSA) is 84.5 Å². The van der Waals surface area contributed by atoms with Gasteiger partial charge in [-0.2, -0.15) is 13.2 Å². The number of rotatable bonds is 6. The van der Waals surface area contributed by atoms with Crippen LogP contribution in [0.15, 0.2) is 0 Å². The summed E-state index contributed by atoms with van der Waals surface area (Å²) < 4.78 is 62.2. The minimum Gasteiger partial charge on any atom is -0.370 e. The van der Waals surface area contributed by atoms with Crippen molar-refractivity contribution in [2.75, 3.05) is 37.8 Å². The Bertz CT molecular complexity index is 425. The Balaban J connectivity index is 2.14. The van der Waals surface area contributed by atoms with E-state index in [4.69, 9.17) is 0 Å². The molecule has 118 valence electrons. The molecule has 0 aromatic heterocycles. The van der Waals surface area contributed by atoms with E-state index in [1.807, 2.05) is 0 Å². The molecule has 0 aromatic carbocycles. The van der Waals surface area contributed by atoms with Gasteiger partial charge in [-0.15, -0.1) is 0 Å². The molecule has 20 heavy (non-hydrogen) atoms. The van der Waals surface area contributed by atoms with E-state index in [2.05, 4.69) is 15.4 Å². The molecule has 0 bridgehead atoms. The zero-order valence-corrected chi connectivity index (χ0v) is 11.5. The SMILES string of the molecule is O=C(CC1CS(=O)(=O)CCN1)NCCOCC(F)(F)F. The van der Waals surface area contributed by atoms with Gasteiger partial charge in [-0.3, -0.25) is 4.79 Å².